The van der Waals surface area contributed by atoms with E-state index >= 15 is 0 Å². The molecule has 0 bridgehead atoms. The van der Waals surface area contributed by atoms with Gasteiger partial charge in [0, 0.05) is 29.3 Å². The predicted octanol–water partition coefficient (Wildman–Crippen LogP) is 14.3. The summed E-state index contributed by atoms with van der Waals surface area (Å²) in [7, 11) is 0. The third kappa shape index (κ3) is 9.96. The third-order valence-electron chi connectivity index (χ3n) is 7.95. The lowest BCUT2D eigenvalue weighted by molar-refractivity contribution is 0.576. The summed E-state index contributed by atoms with van der Waals surface area (Å²) in [6, 6.07) is 14.1. The van der Waals surface area contributed by atoms with Crippen molar-refractivity contribution in [2.24, 2.45) is 0 Å². The first kappa shape index (κ1) is 31.7. The Balaban J connectivity index is 1.41. The summed E-state index contributed by atoms with van der Waals surface area (Å²) in [5.41, 5.74) is 3.15. The largest absolute Gasteiger partial charge is 0.143 e. The van der Waals surface area contributed by atoms with Crippen LogP contribution in [0.5, 0.6) is 0 Å². The zero-order valence-corrected chi connectivity index (χ0v) is 28.2. The zero-order valence-electron chi connectivity index (χ0n) is 25.0. The predicted molar refractivity (Wildman–Crippen MR) is 187 cm³/mol. The van der Waals surface area contributed by atoms with E-state index < -0.39 is 0 Å². The van der Waals surface area contributed by atoms with Crippen molar-refractivity contribution in [2.75, 3.05) is 0 Å². The first-order chi connectivity index (χ1) is 19.8. The van der Waals surface area contributed by atoms with E-state index in [1.165, 1.54) is 145 Å². The van der Waals surface area contributed by atoms with Crippen molar-refractivity contribution in [3.05, 3.63) is 58.3 Å². The summed E-state index contributed by atoms with van der Waals surface area (Å²) in [4.78, 5) is 8.87. The van der Waals surface area contributed by atoms with E-state index in [2.05, 4.69) is 61.0 Å². The molecule has 0 amide bonds. The summed E-state index contributed by atoms with van der Waals surface area (Å²) in [5.74, 6) is 0. The first-order valence-electron chi connectivity index (χ1n) is 16.1. The Labute approximate surface area is 260 Å². The number of rotatable bonds is 21. The van der Waals surface area contributed by atoms with Gasteiger partial charge in [-0.05, 0) is 71.8 Å². The van der Waals surface area contributed by atoms with Crippen LogP contribution >= 0.6 is 45.3 Å². The van der Waals surface area contributed by atoms with Gasteiger partial charge in [0.1, 0.15) is 0 Å². The molecule has 0 aliphatic rings. The van der Waals surface area contributed by atoms with Gasteiger partial charge in [0.2, 0.25) is 0 Å². The minimum Gasteiger partial charge on any atom is -0.143 e. The Hall–Kier alpha value is -1.20. The molecule has 4 heterocycles. The van der Waals surface area contributed by atoms with Crippen LogP contribution in [0, 0.1) is 0 Å². The second kappa shape index (κ2) is 18.4. The monoisotopic (exact) mass is 610 g/mol. The van der Waals surface area contributed by atoms with Gasteiger partial charge in [0.15, 0.2) is 0 Å². The fourth-order valence-corrected chi connectivity index (χ4v) is 9.87. The minimum atomic E-state index is 1.22. The van der Waals surface area contributed by atoms with E-state index in [-0.39, 0.29) is 0 Å². The molecule has 4 aromatic heterocycles. The molecule has 0 saturated heterocycles. The Morgan fingerprint density at radius 1 is 0.450 bits per heavy atom. The molecule has 40 heavy (non-hydrogen) atoms. The second-order valence-corrected chi connectivity index (χ2v) is 15.3. The van der Waals surface area contributed by atoms with Crippen LogP contribution in [-0.2, 0) is 12.8 Å². The Bertz CT molecular complexity index is 1080. The van der Waals surface area contributed by atoms with Crippen molar-refractivity contribution in [2.45, 2.75) is 129 Å². The van der Waals surface area contributed by atoms with Crippen molar-refractivity contribution in [1.82, 2.24) is 0 Å². The maximum Gasteiger partial charge on any atom is 0.0481 e. The fourth-order valence-electron chi connectivity index (χ4n) is 5.60. The number of unbranched alkanes of at least 4 members (excludes halogenated alkanes) is 14. The summed E-state index contributed by atoms with van der Waals surface area (Å²) < 4.78 is 0. The summed E-state index contributed by atoms with van der Waals surface area (Å²) in [5, 5.41) is 4.47. The second-order valence-electron chi connectivity index (χ2n) is 11.3. The molecular formula is C36H50S4. The van der Waals surface area contributed by atoms with Crippen molar-refractivity contribution < 1.29 is 0 Å². The molecular weight excluding hydrogens is 561 g/mol. The normalized spacial score (nSPS) is 11.6. The average molecular weight is 611 g/mol. The highest BCUT2D eigenvalue weighted by Gasteiger charge is 2.18. The van der Waals surface area contributed by atoms with Gasteiger partial charge >= 0.3 is 0 Å². The molecule has 0 spiro atoms. The number of aryl methyl sites for hydroxylation is 2. The molecule has 0 aliphatic carbocycles. The van der Waals surface area contributed by atoms with Gasteiger partial charge in [-0.3, -0.25) is 0 Å². The molecule has 4 heteroatoms. The highest BCUT2D eigenvalue weighted by molar-refractivity contribution is 7.28. The fraction of sp³-hybridized carbons (Fsp3) is 0.556. The summed E-state index contributed by atoms with van der Waals surface area (Å²) >= 11 is 7.86. The third-order valence-corrected chi connectivity index (χ3v) is 12.6. The van der Waals surface area contributed by atoms with Crippen molar-refractivity contribution in [1.29, 1.82) is 0 Å². The molecule has 0 unspecified atom stereocenters. The van der Waals surface area contributed by atoms with Crippen LogP contribution in [0.1, 0.15) is 128 Å². The molecule has 0 saturated carbocycles. The smallest absolute Gasteiger partial charge is 0.0481 e. The molecule has 4 rings (SSSR count). The SMILES string of the molecule is CCCCCCCCCCc1cc(-c2cc(CCCCCCCCCC)c(-c3cccs3)s2)sc1-c1cccs1. The molecule has 218 valence electrons. The van der Waals surface area contributed by atoms with Gasteiger partial charge < -0.3 is 0 Å². The van der Waals surface area contributed by atoms with E-state index in [0.717, 1.165) is 0 Å². The molecule has 0 radical (unpaired) electrons. The summed E-state index contributed by atoms with van der Waals surface area (Å²) in [6.45, 7) is 4.61. The topological polar surface area (TPSA) is 0 Å². The van der Waals surface area contributed by atoms with Gasteiger partial charge in [-0.2, -0.15) is 0 Å². The maximum atomic E-state index is 2.55. The van der Waals surface area contributed by atoms with Crippen molar-refractivity contribution in [3.8, 4) is 29.3 Å². The standard InChI is InChI=1S/C36H50S4/c1-3-5-7-9-11-13-15-17-21-29-27-33(39-35(29)31-23-19-25-37-31)34-28-30(36(40-34)32-24-20-26-38-32)22-18-16-14-12-10-8-6-4-2/h19-20,23-28H,3-18,21-22H2,1-2H3. The van der Waals surface area contributed by atoms with Gasteiger partial charge in [0.25, 0.3) is 0 Å². The molecule has 0 aromatic carbocycles. The highest BCUT2D eigenvalue weighted by Crippen LogP contribution is 2.46. The quantitative estimate of drug-likeness (QED) is 0.0823. The van der Waals surface area contributed by atoms with Crippen molar-refractivity contribution >= 4 is 45.3 Å². The maximum absolute atomic E-state index is 2.55. The van der Waals surface area contributed by atoms with Gasteiger partial charge in [-0.1, -0.05) is 116 Å². The van der Waals surface area contributed by atoms with E-state index in [0.29, 0.717) is 0 Å². The first-order valence-corrected chi connectivity index (χ1v) is 19.5. The Morgan fingerprint density at radius 2 is 0.825 bits per heavy atom. The van der Waals surface area contributed by atoms with Crippen LogP contribution in [0.15, 0.2) is 47.2 Å². The van der Waals surface area contributed by atoms with Crippen LogP contribution < -0.4 is 0 Å². The Morgan fingerprint density at radius 3 is 1.18 bits per heavy atom. The number of thiophene rings is 4. The van der Waals surface area contributed by atoms with Gasteiger partial charge in [-0.25, -0.2) is 0 Å². The highest BCUT2D eigenvalue weighted by atomic mass is 32.1. The van der Waals surface area contributed by atoms with E-state index in [1.54, 1.807) is 11.1 Å². The lowest BCUT2D eigenvalue weighted by Crippen LogP contribution is -1.86. The molecule has 0 atom stereocenters. The Kier molecular flexibility index (Phi) is 14.6. The molecule has 0 nitrogen and oxygen atoms in total. The molecule has 0 N–H and O–H groups in total. The van der Waals surface area contributed by atoms with Gasteiger partial charge in [-0.15, -0.1) is 45.3 Å². The van der Waals surface area contributed by atoms with Crippen molar-refractivity contribution in [3.63, 3.8) is 0 Å². The minimum absolute atomic E-state index is 1.22. The average Bonchev–Trinajstić information content (AvgIpc) is 3.78. The van der Waals surface area contributed by atoms with E-state index in [4.69, 9.17) is 0 Å². The lowest BCUT2D eigenvalue weighted by atomic mass is 10.0. The number of hydrogen-bond donors (Lipinski definition) is 0. The van der Waals surface area contributed by atoms with Crippen LogP contribution in [0.3, 0.4) is 0 Å². The van der Waals surface area contributed by atoms with Crippen LogP contribution in [0.25, 0.3) is 29.3 Å². The zero-order chi connectivity index (χ0) is 27.8. The molecule has 0 aliphatic heterocycles. The van der Waals surface area contributed by atoms with Crippen LogP contribution in [0.4, 0.5) is 0 Å². The van der Waals surface area contributed by atoms with Gasteiger partial charge in [0.05, 0.1) is 0 Å². The van der Waals surface area contributed by atoms with Crippen LogP contribution in [0.2, 0.25) is 0 Å². The molecule has 0 fully saturated rings. The van der Waals surface area contributed by atoms with Crippen LogP contribution in [-0.4, -0.2) is 0 Å². The molecule has 4 aromatic rings. The van der Waals surface area contributed by atoms with E-state index in [9.17, 15) is 0 Å². The number of hydrogen-bond acceptors (Lipinski definition) is 4. The van der Waals surface area contributed by atoms with E-state index in [1.807, 2.05) is 45.3 Å². The summed E-state index contributed by atoms with van der Waals surface area (Å²) in [6.07, 6.45) is 24.6. The lowest BCUT2D eigenvalue weighted by Gasteiger charge is -2.03.